The van der Waals surface area contributed by atoms with E-state index in [4.69, 9.17) is 23.2 Å². The summed E-state index contributed by atoms with van der Waals surface area (Å²) in [6.07, 6.45) is 0. The molecular formula is C12H9Cl2OS+. The Morgan fingerprint density at radius 2 is 1.56 bits per heavy atom. The molecule has 1 atom stereocenters. The number of hydrogen-bond donors (Lipinski definition) is 1. The summed E-state index contributed by atoms with van der Waals surface area (Å²) >= 11 is 10.9. The molecule has 0 amide bonds. The van der Waals surface area contributed by atoms with Gasteiger partial charge in [0.05, 0.1) is 5.02 Å². The summed E-state index contributed by atoms with van der Waals surface area (Å²) in [6, 6.07) is 14.7. The van der Waals surface area contributed by atoms with Crippen LogP contribution < -0.4 is 0 Å². The van der Waals surface area contributed by atoms with Crippen molar-refractivity contribution in [2.75, 3.05) is 0 Å². The third kappa shape index (κ3) is 2.36. The lowest BCUT2D eigenvalue weighted by Crippen LogP contribution is -2.02. The first-order chi connectivity index (χ1) is 7.70. The quantitative estimate of drug-likeness (QED) is 0.798. The second-order valence-electron chi connectivity index (χ2n) is 3.15. The standard InChI is InChI=1S/C12H9Cl2OS/c13-10-7-4-8-11(12(10)14)16(15)9-5-2-1-3-6-9/h1-8,15H/q+1. The van der Waals surface area contributed by atoms with E-state index in [2.05, 4.69) is 0 Å². The highest BCUT2D eigenvalue weighted by atomic mass is 35.5. The van der Waals surface area contributed by atoms with Gasteiger partial charge in [-0.1, -0.05) is 47.5 Å². The number of halogens is 2. The van der Waals surface area contributed by atoms with E-state index in [-0.39, 0.29) is 0 Å². The van der Waals surface area contributed by atoms with Gasteiger partial charge in [0, 0.05) is 0 Å². The predicted octanol–water partition coefficient (Wildman–Crippen LogP) is 4.50. The van der Waals surface area contributed by atoms with Crippen molar-refractivity contribution in [2.45, 2.75) is 9.79 Å². The van der Waals surface area contributed by atoms with Gasteiger partial charge in [-0.05, 0) is 24.3 Å². The van der Waals surface area contributed by atoms with Crippen LogP contribution in [0.3, 0.4) is 0 Å². The van der Waals surface area contributed by atoms with Crippen molar-refractivity contribution in [3.8, 4) is 0 Å². The van der Waals surface area contributed by atoms with Gasteiger partial charge in [-0.25, -0.2) is 0 Å². The van der Waals surface area contributed by atoms with Crippen LogP contribution in [0.15, 0.2) is 58.3 Å². The van der Waals surface area contributed by atoms with Crippen LogP contribution in [0.2, 0.25) is 10.0 Å². The molecule has 0 aliphatic heterocycles. The number of rotatable bonds is 2. The molecule has 0 heterocycles. The van der Waals surface area contributed by atoms with Gasteiger partial charge in [-0.3, -0.25) is 0 Å². The molecule has 0 saturated heterocycles. The minimum absolute atomic E-state index is 0.416. The molecule has 0 aromatic heterocycles. The Morgan fingerprint density at radius 3 is 2.25 bits per heavy atom. The second kappa shape index (κ2) is 5.11. The van der Waals surface area contributed by atoms with E-state index in [1.165, 1.54) is 0 Å². The monoisotopic (exact) mass is 271 g/mol. The van der Waals surface area contributed by atoms with Crippen LogP contribution in [0.4, 0.5) is 0 Å². The lowest BCUT2D eigenvalue weighted by molar-refractivity contribution is 0.638. The fraction of sp³-hybridized carbons (Fsp3) is 0. The van der Waals surface area contributed by atoms with Crippen molar-refractivity contribution >= 4 is 34.4 Å². The Balaban J connectivity index is 2.42. The Labute approximate surface area is 107 Å². The minimum atomic E-state index is -1.04. The van der Waals surface area contributed by atoms with Crippen LogP contribution in [0.5, 0.6) is 0 Å². The highest BCUT2D eigenvalue weighted by Gasteiger charge is 2.27. The third-order valence-corrected chi connectivity index (χ3v) is 4.50. The van der Waals surface area contributed by atoms with Crippen LogP contribution in [0.25, 0.3) is 0 Å². The summed E-state index contributed by atoms with van der Waals surface area (Å²) < 4.78 is 10.2. The number of hydrogen-bond acceptors (Lipinski definition) is 1. The molecule has 2 aromatic rings. The molecule has 16 heavy (non-hydrogen) atoms. The van der Waals surface area contributed by atoms with Gasteiger partial charge in [0.15, 0.2) is 4.90 Å². The van der Waals surface area contributed by atoms with Gasteiger partial charge in [0.25, 0.3) is 0 Å². The average Bonchev–Trinajstić information content (AvgIpc) is 2.33. The molecule has 2 aromatic carbocycles. The molecule has 0 bridgehead atoms. The molecular weight excluding hydrogens is 263 g/mol. The maximum Gasteiger partial charge on any atom is 0.221 e. The molecule has 1 nitrogen and oxygen atoms in total. The Hall–Kier alpha value is -0.670. The van der Waals surface area contributed by atoms with Gasteiger partial charge >= 0.3 is 0 Å². The molecule has 2 rings (SSSR count). The van der Waals surface area contributed by atoms with E-state index in [0.29, 0.717) is 14.9 Å². The Morgan fingerprint density at radius 1 is 0.875 bits per heavy atom. The molecule has 0 spiro atoms. The molecule has 0 aliphatic rings. The Kier molecular flexibility index (Phi) is 3.77. The second-order valence-corrected chi connectivity index (χ2v) is 5.42. The van der Waals surface area contributed by atoms with E-state index in [1.54, 1.807) is 18.2 Å². The van der Waals surface area contributed by atoms with Gasteiger partial charge in [0.2, 0.25) is 16.1 Å². The fourth-order valence-corrected chi connectivity index (χ4v) is 3.04. The van der Waals surface area contributed by atoms with E-state index in [0.717, 1.165) is 4.90 Å². The maximum absolute atomic E-state index is 10.2. The van der Waals surface area contributed by atoms with E-state index in [9.17, 15) is 4.55 Å². The predicted molar refractivity (Wildman–Crippen MR) is 69.4 cm³/mol. The van der Waals surface area contributed by atoms with Gasteiger partial charge < -0.3 is 0 Å². The van der Waals surface area contributed by atoms with Crippen molar-refractivity contribution < 1.29 is 4.55 Å². The van der Waals surface area contributed by atoms with Crippen molar-refractivity contribution in [3.05, 3.63) is 58.6 Å². The van der Waals surface area contributed by atoms with Gasteiger partial charge in [0.1, 0.15) is 5.02 Å². The highest BCUT2D eigenvalue weighted by molar-refractivity contribution is 7.91. The summed E-state index contributed by atoms with van der Waals surface area (Å²) in [7, 11) is 0. The van der Waals surface area contributed by atoms with Gasteiger partial charge in [-0.15, -0.1) is 0 Å². The van der Waals surface area contributed by atoms with Crippen LogP contribution in [0, 0.1) is 0 Å². The topological polar surface area (TPSA) is 20.2 Å². The van der Waals surface area contributed by atoms with Crippen LogP contribution in [-0.2, 0) is 11.2 Å². The van der Waals surface area contributed by atoms with Crippen LogP contribution in [-0.4, -0.2) is 4.55 Å². The molecule has 1 N–H and O–H groups in total. The van der Waals surface area contributed by atoms with Crippen molar-refractivity contribution in [2.24, 2.45) is 0 Å². The van der Waals surface area contributed by atoms with Crippen molar-refractivity contribution in [1.82, 2.24) is 0 Å². The van der Waals surface area contributed by atoms with E-state index < -0.39 is 11.2 Å². The zero-order chi connectivity index (χ0) is 11.5. The average molecular weight is 272 g/mol. The van der Waals surface area contributed by atoms with E-state index >= 15 is 0 Å². The minimum Gasteiger partial charge on any atom is -0.176 e. The van der Waals surface area contributed by atoms with Crippen LogP contribution >= 0.6 is 23.2 Å². The Bertz CT molecular complexity index is 488. The molecule has 0 fully saturated rings. The first-order valence-electron chi connectivity index (χ1n) is 4.62. The summed E-state index contributed by atoms with van der Waals surface area (Å²) in [6.45, 7) is 0. The molecule has 4 heteroatoms. The highest BCUT2D eigenvalue weighted by Crippen LogP contribution is 2.32. The first-order valence-corrected chi connectivity index (χ1v) is 6.56. The molecule has 0 aliphatic carbocycles. The zero-order valence-corrected chi connectivity index (χ0v) is 10.6. The van der Waals surface area contributed by atoms with E-state index in [1.807, 2.05) is 30.3 Å². The lowest BCUT2D eigenvalue weighted by Gasteiger charge is -2.02. The van der Waals surface area contributed by atoms with Gasteiger partial charge in [-0.2, -0.15) is 4.55 Å². The zero-order valence-electron chi connectivity index (χ0n) is 8.23. The lowest BCUT2D eigenvalue weighted by atomic mass is 10.4. The maximum atomic E-state index is 10.2. The van der Waals surface area contributed by atoms with Crippen molar-refractivity contribution in [1.29, 1.82) is 0 Å². The summed E-state index contributed by atoms with van der Waals surface area (Å²) in [5.41, 5.74) is 0. The first kappa shape index (κ1) is 11.8. The summed E-state index contributed by atoms with van der Waals surface area (Å²) in [5.74, 6) is 0. The van der Waals surface area contributed by atoms with Crippen molar-refractivity contribution in [3.63, 3.8) is 0 Å². The smallest absolute Gasteiger partial charge is 0.176 e. The molecule has 1 unspecified atom stereocenters. The summed E-state index contributed by atoms with van der Waals surface area (Å²) in [5, 5.41) is 0.875. The molecule has 82 valence electrons. The summed E-state index contributed by atoms with van der Waals surface area (Å²) in [4.78, 5) is 1.48. The molecule has 0 radical (unpaired) electrons. The number of benzene rings is 2. The van der Waals surface area contributed by atoms with Crippen LogP contribution in [0.1, 0.15) is 0 Å². The SMILES string of the molecule is O[S+](c1ccccc1)c1cccc(Cl)c1Cl. The normalized spacial score (nSPS) is 12.4. The fourth-order valence-electron chi connectivity index (χ4n) is 1.31. The third-order valence-electron chi connectivity index (χ3n) is 2.09. The largest absolute Gasteiger partial charge is 0.221 e. The molecule has 0 saturated carbocycles.